The van der Waals surface area contributed by atoms with Crippen molar-refractivity contribution in [1.82, 2.24) is 9.88 Å². The summed E-state index contributed by atoms with van der Waals surface area (Å²) in [5, 5.41) is 2.34. The summed E-state index contributed by atoms with van der Waals surface area (Å²) in [6.45, 7) is 1.92. The summed E-state index contributed by atoms with van der Waals surface area (Å²) >= 11 is 3.53. The van der Waals surface area contributed by atoms with Gasteiger partial charge in [-0.15, -0.1) is 0 Å². The van der Waals surface area contributed by atoms with E-state index >= 15 is 0 Å². The van der Waals surface area contributed by atoms with Gasteiger partial charge in [-0.25, -0.2) is 9.69 Å². The third kappa shape index (κ3) is 5.03. The molecule has 0 aliphatic carbocycles. The Kier molecular flexibility index (Phi) is 6.95. The third-order valence-corrected chi connectivity index (χ3v) is 7.45. The fourth-order valence-corrected chi connectivity index (χ4v) is 5.22. The number of hydrogen-bond acceptors (Lipinski definition) is 3. The third-order valence-electron chi connectivity index (χ3n) is 6.93. The van der Waals surface area contributed by atoms with E-state index in [4.69, 9.17) is 0 Å². The van der Waals surface area contributed by atoms with Crippen molar-refractivity contribution in [3.05, 3.63) is 136 Å². The smallest absolute Gasteiger partial charge is 0.309 e. The molecule has 6 nitrogen and oxygen atoms in total. The number of amides is 4. The van der Waals surface area contributed by atoms with E-state index in [-0.39, 0.29) is 5.57 Å². The Hall–Kier alpha value is -5.01. The molecule has 200 valence electrons. The van der Waals surface area contributed by atoms with Gasteiger partial charge < -0.3 is 4.57 Å². The van der Waals surface area contributed by atoms with Crippen molar-refractivity contribution in [2.75, 3.05) is 4.90 Å². The maximum absolute atomic E-state index is 13.7. The molecule has 5 aromatic rings. The van der Waals surface area contributed by atoms with E-state index in [0.29, 0.717) is 11.3 Å². The van der Waals surface area contributed by atoms with Crippen LogP contribution in [0.25, 0.3) is 34.3 Å². The molecule has 1 saturated heterocycles. The molecule has 0 unspecified atom stereocenters. The Morgan fingerprint density at radius 2 is 1.29 bits per heavy atom. The number of nitrogens with zero attached hydrogens (tertiary/aromatic N) is 2. The van der Waals surface area contributed by atoms with E-state index in [1.165, 1.54) is 0 Å². The zero-order chi connectivity index (χ0) is 28.5. The summed E-state index contributed by atoms with van der Waals surface area (Å²) in [6, 6.07) is 35.9. The fourth-order valence-electron chi connectivity index (χ4n) is 4.95. The molecule has 1 N–H and O–H groups in total. The standard InChI is InChI=1S/C34H24BrN3O3/c1-22-12-16-28(17-13-22)38-33(40)29(32(39)36-34(38)41)20-25-21-30(23-8-4-2-5-9-23)37(27-18-14-26(35)15-19-27)31(25)24-10-6-3-7-11-24/h2-21H,1H3,(H,36,39,41). The number of rotatable bonds is 5. The molecular weight excluding hydrogens is 578 g/mol. The van der Waals surface area contributed by atoms with Gasteiger partial charge in [0, 0.05) is 15.7 Å². The van der Waals surface area contributed by atoms with Crippen LogP contribution >= 0.6 is 15.9 Å². The lowest BCUT2D eigenvalue weighted by molar-refractivity contribution is -0.122. The number of barbiturate groups is 1. The van der Waals surface area contributed by atoms with Crippen molar-refractivity contribution in [2.45, 2.75) is 6.92 Å². The minimum Gasteiger partial charge on any atom is -0.309 e. The molecule has 4 aromatic carbocycles. The molecule has 0 saturated carbocycles. The maximum atomic E-state index is 13.7. The molecule has 1 aliphatic rings. The zero-order valence-electron chi connectivity index (χ0n) is 22.0. The Bertz CT molecular complexity index is 1810. The van der Waals surface area contributed by atoms with Crippen molar-refractivity contribution in [3.63, 3.8) is 0 Å². The van der Waals surface area contributed by atoms with E-state index in [0.717, 1.165) is 43.1 Å². The predicted octanol–water partition coefficient (Wildman–Crippen LogP) is 7.55. The number of imide groups is 2. The minimum absolute atomic E-state index is 0.130. The molecule has 0 atom stereocenters. The number of benzene rings is 4. The molecule has 1 aromatic heterocycles. The Balaban J connectivity index is 1.59. The molecule has 0 spiro atoms. The van der Waals surface area contributed by atoms with Crippen LogP contribution in [0.1, 0.15) is 11.1 Å². The zero-order valence-corrected chi connectivity index (χ0v) is 23.6. The average molecular weight is 602 g/mol. The lowest BCUT2D eigenvalue weighted by Gasteiger charge is -2.26. The molecule has 1 fully saturated rings. The van der Waals surface area contributed by atoms with Gasteiger partial charge in [0.1, 0.15) is 5.57 Å². The van der Waals surface area contributed by atoms with E-state index in [9.17, 15) is 14.4 Å². The van der Waals surface area contributed by atoms with Crippen LogP contribution in [0.2, 0.25) is 0 Å². The molecule has 41 heavy (non-hydrogen) atoms. The van der Waals surface area contributed by atoms with Crippen molar-refractivity contribution in [2.24, 2.45) is 0 Å². The van der Waals surface area contributed by atoms with Crippen LogP contribution in [-0.4, -0.2) is 22.4 Å². The fraction of sp³-hybridized carbons (Fsp3) is 0.0294. The number of aromatic nitrogens is 1. The Morgan fingerprint density at radius 3 is 1.93 bits per heavy atom. The largest absolute Gasteiger partial charge is 0.335 e. The van der Waals surface area contributed by atoms with Gasteiger partial charge in [-0.05, 0) is 66.6 Å². The number of carbonyl (C=O) groups excluding carboxylic acids is 3. The van der Waals surface area contributed by atoms with Crippen LogP contribution in [-0.2, 0) is 9.59 Å². The highest BCUT2D eigenvalue weighted by atomic mass is 79.9. The average Bonchev–Trinajstić information content (AvgIpc) is 3.36. The molecule has 0 bridgehead atoms. The first-order valence-electron chi connectivity index (χ1n) is 13.0. The molecule has 4 amide bonds. The van der Waals surface area contributed by atoms with Gasteiger partial charge in [-0.2, -0.15) is 0 Å². The molecule has 0 radical (unpaired) electrons. The number of hydrogen-bond donors (Lipinski definition) is 1. The van der Waals surface area contributed by atoms with Gasteiger partial charge >= 0.3 is 6.03 Å². The summed E-state index contributed by atoms with van der Waals surface area (Å²) in [6.07, 6.45) is 1.58. The van der Waals surface area contributed by atoms with Crippen LogP contribution in [0, 0.1) is 6.92 Å². The second-order valence-corrected chi connectivity index (χ2v) is 10.6. The van der Waals surface area contributed by atoms with Crippen LogP contribution in [0.5, 0.6) is 0 Å². The van der Waals surface area contributed by atoms with Crippen molar-refractivity contribution >= 4 is 45.5 Å². The summed E-state index contributed by atoms with van der Waals surface area (Å²) in [5.41, 5.74) is 6.37. The molecule has 2 heterocycles. The number of carbonyl (C=O) groups is 3. The highest BCUT2D eigenvalue weighted by Gasteiger charge is 2.37. The van der Waals surface area contributed by atoms with Gasteiger partial charge in [0.15, 0.2) is 0 Å². The maximum Gasteiger partial charge on any atom is 0.335 e. The normalized spacial score (nSPS) is 14.4. The van der Waals surface area contributed by atoms with Crippen LogP contribution in [0.4, 0.5) is 10.5 Å². The van der Waals surface area contributed by atoms with Crippen molar-refractivity contribution in [1.29, 1.82) is 0 Å². The van der Waals surface area contributed by atoms with Gasteiger partial charge in [0.25, 0.3) is 11.8 Å². The number of urea groups is 1. The minimum atomic E-state index is -0.776. The van der Waals surface area contributed by atoms with E-state index in [1.54, 1.807) is 18.2 Å². The first kappa shape index (κ1) is 26.2. The number of aryl methyl sites for hydroxylation is 1. The quantitative estimate of drug-likeness (QED) is 0.167. The molecule has 7 heteroatoms. The van der Waals surface area contributed by atoms with Crippen LogP contribution in [0.15, 0.2) is 125 Å². The topological polar surface area (TPSA) is 71.4 Å². The summed E-state index contributed by atoms with van der Waals surface area (Å²) in [4.78, 5) is 40.6. The predicted molar refractivity (Wildman–Crippen MR) is 165 cm³/mol. The first-order chi connectivity index (χ1) is 19.9. The summed E-state index contributed by atoms with van der Waals surface area (Å²) in [7, 11) is 0. The summed E-state index contributed by atoms with van der Waals surface area (Å²) < 4.78 is 3.07. The first-order valence-corrected chi connectivity index (χ1v) is 13.8. The molecular formula is C34H24BrN3O3. The van der Waals surface area contributed by atoms with E-state index in [2.05, 4.69) is 25.8 Å². The van der Waals surface area contributed by atoms with E-state index in [1.807, 2.05) is 110 Å². The van der Waals surface area contributed by atoms with E-state index < -0.39 is 17.8 Å². The lowest BCUT2D eigenvalue weighted by Crippen LogP contribution is -2.54. The Labute approximate surface area is 245 Å². The van der Waals surface area contributed by atoms with Gasteiger partial charge in [0.05, 0.1) is 17.1 Å². The highest BCUT2D eigenvalue weighted by Crippen LogP contribution is 2.38. The SMILES string of the molecule is Cc1ccc(N2C(=O)NC(=O)C(=Cc3cc(-c4ccccc4)n(-c4ccc(Br)cc4)c3-c3ccccc3)C2=O)cc1. The number of nitrogens with one attached hydrogen (secondary N) is 1. The lowest BCUT2D eigenvalue weighted by atomic mass is 10.0. The number of anilines is 1. The van der Waals surface area contributed by atoms with Crippen molar-refractivity contribution < 1.29 is 14.4 Å². The second kappa shape index (κ2) is 10.9. The van der Waals surface area contributed by atoms with Crippen LogP contribution < -0.4 is 10.2 Å². The highest BCUT2D eigenvalue weighted by molar-refractivity contribution is 9.10. The summed E-state index contributed by atoms with van der Waals surface area (Å²) in [5.74, 6) is -1.42. The molecule has 1 aliphatic heterocycles. The van der Waals surface area contributed by atoms with Gasteiger partial charge in [-0.1, -0.05) is 94.3 Å². The van der Waals surface area contributed by atoms with Crippen LogP contribution in [0.3, 0.4) is 0 Å². The monoisotopic (exact) mass is 601 g/mol. The second-order valence-electron chi connectivity index (χ2n) is 9.67. The molecule has 6 rings (SSSR count). The Morgan fingerprint density at radius 1 is 0.707 bits per heavy atom. The van der Waals surface area contributed by atoms with Gasteiger partial charge in [-0.3, -0.25) is 14.9 Å². The number of halogens is 1. The van der Waals surface area contributed by atoms with Gasteiger partial charge in [0.2, 0.25) is 0 Å². The van der Waals surface area contributed by atoms with Crippen molar-refractivity contribution in [3.8, 4) is 28.2 Å².